The first-order chi connectivity index (χ1) is 11.1. The molecule has 124 valence electrons. The van der Waals surface area contributed by atoms with Crippen molar-refractivity contribution in [1.29, 1.82) is 0 Å². The summed E-state index contributed by atoms with van der Waals surface area (Å²) in [6.07, 6.45) is 0.998. The second-order valence-electron chi connectivity index (χ2n) is 6.01. The van der Waals surface area contributed by atoms with Gasteiger partial charge in [0.2, 0.25) is 0 Å². The van der Waals surface area contributed by atoms with E-state index in [0.29, 0.717) is 35.3 Å². The van der Waals surface area contributed by atoms with E-state index >= 15 is 0 Å². The molecule has 2 aliphatic heterocycles. The second-order valence-corrected chi connectivity index (χ2v) is 6.42. The van der Waals surface area contributed by atoms with Crippen LogP contribution >= 0.6 is 11.6 Å². The van der Waals surface area contributed by atoms with Crippen LogP contribution in [0.4, 0.5) is 10.5 Å². The van der Waals surface area contributed by atoms with Crippen molar-refractivity contribution in [2.75, 3.05) is 44.7 Å². The number of halogens is 1. The molecule has 0 saturated carbocycles. The molecule has 7 heteroatoms. The Hall–Kier alpha value is -1.79. The summed E-state index contributed by atoms with van der Waals surface area (Å²) >= 11 is 6.23. The molecule has 3 rings (SSSR count). The van der Waals surface area contributed by atoms with Gasteiger partial charge in [0.1, 0.15) is 0 Å². The molecule has 1 atom stereocenters. The number of urea groups is 1. The summed E-state index contributed by atoms with van der Waals surface area (Å²) in [5.41, 5.74) is 1.17. The highest BCUT2D eigenvalue weighted by atomic mass is 35.5. The zero-order valence-corrected chi connectivity index (χ0v) is 13.9. The summed E-state index contributed by atoms with van der Waals surface area (Å²) in [4.78, 5) is 28.0. The summed E-state index contributed by atoms with van der Waals surface area (Å²) in [6.45, 7) is 3.61. The largest absolute Gasteiger partial charge is 0.338 e. The molecule has 0 radical (unpaired) electrons. The second kappa shape index (κ2) is 6.76. The first-order valence-corrected chi connectivity index (χ1v) is 8.26. The number of likely N-dealkylation sites (tertiary alicyclic amines) is 1. The normalized spacial score (nSPS) is 21.0. The van der Waals surface area contributed by atoms with Crippen LogP contribution in [0.5, 0.6) is 0 Å². The van der Waals surface area contributed by atoms with Crippen molar-refractivity contribution in [1.82, 2.24) is 15.5 Å². The number of nitrogens with zero attached hydrogens (tertiary/aromatic N) is 2. The van der Waals surface area contributed by atoms with Gasteiger partial charge < -0.3 is 15.5 Å². The van der Waals surface area contributed by atoms with E-state index in [1.165, 1.54) is 0 Å². The van der Waals surface area contributed by atoms with Crippen molar-refractivity contribution in [3.63, 3.8) is 0 Å². The number of amides is 3. The molecule has 3 amide bonds. The molecule has 6 nitrogen and oxygen atoms in total. The fraction of sp³-hybridized carbons (Fsp3) is 0.500. The highest BCUT2D eigenvalue weighted by molar-refractivity contribution is 6.34. The lowest BCUT2D eigenvalue weighted by Crippen LogP contribution is -2.31. The Morgan fingerprint density at radius 2 is 2.26 bits per heavy atom. The Balaban J connectivity index is 1.79. The van der Waals surface area contributed by atoms with Gasteiger partial charge in [0, 0.05) is 31.9 Å². The highest BCUT2D eigenvalue weighted by Crippen LogP contribution is 2.27. The van der Waals surface area contributed by atoms with E-state index in [1.807, 2.05) is 11.9 Å². The van der Waals surface area contributed by atoms with Crippen molar-refractivity contribution in [2.24, 2.45) is 5.92 Å². The van der Waals surface area contributed by atoms with Gasteiger partial charge >= 0.3 is 6.03 Å². The summed E-state index contributed by atoms with van der Waals surface area (Å²) in [6, 6.07) is 5.05. The van der Waals surface area contributed by atoms with Crippen LogP contribution in [-0.2, 0) is 0 Å². The SMILES string of the molecule is CNCC1CCN(C(=O)c2cc(N3CCNC3=O)ccc2Cl)C1. The standard InChI is InChI=1S/C16H21ClN4O2/c1-18-9-11-4-6-20(10-11)15(22)13-8-12(2-3-14(13)17)21-7-5-19-16(21)23/h2-3,8,11,18H,4-7,9-10H2,1H3,(H,19,23). The molecule has 1 aromatic carbocycles. The maximum atomic E-state index is 12.8. The molecule has 0 aliphatic carbocycles. The van der Waals surface area contributed by atoms with Gasteiger partial charge in [-0.15, -0.1) is 0 Å². The Morgan fingerprint density at radius 1 is 1.43 bits per heavy atom. The Kier molecular flexibility index (Phi) is 4.73. The zero-order chi connectivity index (χ0) is 16.4. The topological polar surface area (TPSA) is 64.7 Å². The first kappa shape index (κ1) is 16.1. The van der Waals surface area contributed by atoms with Crippen molar-refractivity contribution >= 4 is 29.2 Å². The fourth-order valence-corrected chi connectivity index (χ4v) is 3.40. The number of carbonyl (C=O) groups excluding carboxylic acids is 2. The van der Waals surface area contributed by atoms with Crippen LogP contribution in [0, 0.1) is 5.92 Å². The summed E-state index contributed by atoms with van der Waals surface area (Å²) in [5.74, 6) is 0.422. The molecule has 0 spiro atoms. The fourth-order valence-electron chi connectivity index (χ4n) is 3.21. The average Bonchev–Trinajstić information content (AvgIpc) is 3.17. The predicted molar refractivity (Wildman–Crippen MR) is 90.1 cm³/mol. The van der Waals surface area contributed by atoms with E-state index in [-0.39, 0.29) is 11.9 Å². The summed E-state index contributed by atoms with van der Waals surface area (Å²) in [7, 11) is 1.92. The molecule has 0 bridgehead atoms. The Bertz CT molecular complexity index is 622. The third-order valence-corrected chi connectivity index (χ3v) is 4.74. The van der Waals surface area contributed by atoms with Gasteiger partial charge in [0.05, 0.1) is 10.6 Å². The predicted octanol–water partition coefficient (Wildman–Crippen LogP) is 1.55. The van der Waals surface area contributed by atoms with E-state index in [9.17, 15) is 9.59 Å². The molecule has 2 saturated heterocycles. The molecule has 2 aliphatic rings. The van der Waals surface area contributed by atoms with Crippen molar-refractivity contribution in [3.05, 3.63) is 28.8 Å². The summed E-state index contributed by atoms with van der Waals surface area (Å²) in [5, 5.41) is 6.34. The molecule has 2 fully saturated rings. The van der Waals surface area contributed by atoms with Gasteiger partial charge in [-0.3, -0.25) is 9.69 Å². The van der Waals surface area contributed by atoms with Crippen LogP contribution in [0.1, 0.15) is 16.8 Å². The lowest BCUT2D eigenvalue weighted by molar-refractivity contribution is 0.0787. The van der Waals surface area contributed by atoms with Crippen LogP contribution in [0.15, 0.2) is 18.2 Å². The Labute approximate surface area is 140 Å². The quantitative estimate of drug-likeness (QED) is 0.877. The van der Waals surface area contributed by atoms with E-state index in [4.69, 9.17) is 11.6 Å². The van der Waals surface area contributed by atoms with Gasteiger partial charge in [-0.1, -0.05) is 11.6 Å². The van der Waals surface area contributed by atoms with Crippen molar-refractivity contribution < 1.29 is 9.59 Å². The number of hydrogen-bond acceptors (Lipinski definition) is 3. The Morgan fingerprint density at radius 3 is 2.96 bits per heavy atom. The van der Waals surface area contributed by atoms with Crippen LogP contribution in [0.3, 0.4) is 0 Å². The molecule has 2 heterocycles. The molecule has 1 aromatic rings. The van der Waals surface area contributed by atoms with Crippen LogP contribution < -0.4 is 15.5 Å². The van der Waals surface area contributed by atoms with E-state index in [2.05, 4.69) is 10.6 Å². The van der Waals surface area contributed by atoms with E-state index < -0.39 is 0 Å². The van der Waals surface area contributed by atoms with Gasteiger partial charge in [0.15, 0.2) is 0 Å². The van der Waals surface area contributed by atoms with Crippen molar-refractivity contribution in [2.45, 2.75) is 6.42 Å². The molecule has 2 N–H and O–H groups in total. The minimum atomic E-state index is -0.138. The number of benzene rings is 1. The minimum absolute atomic E-state index is 0.0601. The monoisotopic (exact) mass is 336 g/mol. The van der Waals surface area contributed by atoms with Crippen LogP contribution in [0.2, 0.25) is 5.02 Å². The lowest BCUT2D eigenvalue weighted by Gasteiger charge is -2.20. The third kappa shape index (κ3) is 3.28. The van der Waals surface area contributed by atoms with Crippen LogP contribution in [-0.4, -0.2) is 56.6 Å². The maximum Gasteiger partial charge on any atom is 0.321 e. The van der Waals surface area contributed by atoms with Gasteiger partial charge in [-0.25, -0.2) is 4.79 Å². The highest BCUT2D eigenvalue weighted by Gasteiger charge is 2.29. The van der Waals surface area contributed by atoms with E-state index in [1.54, 1.807) is 23.1 Å². The van der Waals surface area contributed by atoms with Gasteiger partial charge in [0.25, 0.3) is 5.91 Å². The average molecular weight is 337 g/mol. The zero-order valence-electron chi connectivity index (χ0n) is 13.1. The minimum Gasteiger partial charge on any atom is -0.338 e. The number of anilines is 1. The number of rotatable bonds is 4. The first-order valence-electron chi connectivity index (χ1n) is 7.89. The number of carbonyl (C=O) groups is 2. The van der Waals surface area contributed by atoms with Crippen LogP contribution in [0.25, 0.3) is 0 Å². The molecular weight excluding hydrogens is 316 g/mol. The van der Waals surface area contributed by atoms with E-state index in [0.717, 1.165) is 26.1 Å². The number of hydrogen-bond donors (Lipinski definition) is 2. The number of nitrogens with one attached hydrogen (secondary N) is 2. The molecular formula is C16H21ClN4O2. The smallest absolute Gasteiger partial charge is 0.321 e. The molecule has 1 unspecified atom stereocenters. The lowest BCUT2D eigenvalue weighted by atomic mass is 10.1. The molecule has 23 heavy (non-hydrogen) atoms. The maximum absolute atomic E-state index is 12.8. The molecule has 0 aromatic heterocycles. The third-order valence-electron chi connectivity index (χ3n) is 4.41. The van der Waals surface area contributed by atoms with Crippen molar-refractivity contribution in [3.8, 4) is 0 Å². The van der Waals surface area contributed by atoms with Gasteiger partial charge in [-0.05, 0) is 44.1 Å². The van der Waals surface area contributed by atoms with Gasteiger partial charge in [-0.2, -0.15) is 0 Å². The summed E-state index contributed by atoms with van der Waals surface area (Å²) < 4.78 is 0.